The zero-order valence-corrected chi connectivity index (χ0v) is 31.0. The Morgan fingerprint density at radius 1 is 0.963 bits per heavy atom. The minimum atomic E-state index is -4.36. The third kappa shape index (κ3) is 6.64. The van der Waals surface area contributed by atoms with Gasteiger partial charge in [0.15, 0.2) is 0 Å². The van der Waals surface area contributed by atoms with Gasteiger partial charge in [-0.3, -0.25) is 4.72 Å². The Balaban J connectivity index is 0.997. The SMILES string of the molecule is O=C1CCC(N2Cc3ccc([I-]c4ccc(-c5cnc6[nH]cc(C(=O)c7c(F)ccc(NS(=O)(=O)N8CC[C@@H](F)C8)c7F)c6c5)cc4)cc3C2=O)C(=O)N1. The van der Waals surface area contributed by atoms with Crippen LogP contribution in [-0.2, 0) is 26.3 Å². The molecular weight excluding hydrogens is 840 g/mol. The number of anilines is 1. The number of hydrogen-bond acceptors (Lipinski definition) is 7. The van der Waals surface area contributed by atoms with E-state index in [2.05, 4.69) is 15.3 Å². The van der Waals surface area contributed by atoms with E-state index >= 15 is 8.78 Å². The number of ketones is 1. The minimum absolute atomic E-state index is 0.00691. The number of nitrogens with zero attached hydrogens (tertiary/aromatic N) is 3. The van der Waals surface area contributed by atoms with Gasteiger partial charge in [0.1, 0.15) is 6.17 Å². The Kier molecular flexibility index (Phi) is 9.25. The Hall–Kier alpha value is -5.14. The molecule has 3 N–H and O–H groups in total. The fraction of sp³-hybridized carbons (Fsp3) is 0.216. The Labute approximate surface area is 316 Å². The molecule has 5 heterocycles. The normalized spacial score (nSPS) is 19.1. The quantitative estimate of drug-likeness (QED) is 0.115. The number of pyridine rings is 1. The molecule has 17 heteroatoms. The summed E-state index contributed by atoms with van der Waals surface area (Å²) in [5, 5.41) is 2.60. The molecule has 0 bridgehead atoms. The fourth-order valence-corrected chi connectivity index (χ4v) is 10.4. The van der Waals surface area contributed by atoms with E-state index in [1.807, 2.05) is 47.2 Å². The number of imide groups is 1. The molecule has 2 aromatic heterocycles. The average Bonchev–Trinajstić information content (AvgIpc) is 3.87. The topological polar surface area (TPSA) is 162 Å². The van der Waals surface area contributed by atoms with E-state index < -0.39 is 84.7 Å². The van der Waals surface area contributed by atoms with E-state index in [-0.39, 0.29) is 36.8 Å². The summed E-state index contributed by atoms with van der Waals surface area (Å²) in [5.41, 5.74) is 1.36. The predicted molar refractivity (Wildman–Crippen MR) is 185 cm³/mol. The van der Waals surface area contributed by atoms with Gasteiger partial charge >= 0.3 is 264 Å². The van der Waals surface area contributed by atoms with Gasteiger partial charge in [-0.2, -0.15) is 12.7 Å². The first-order valence-electron chi connectivity index (χ1n) is 16.8. The van der Waals surface area contributed by atoms with E-state index in [0.717, 1.165) is 34.7 Å². The van der Waals surface area contributed by atoms with E-state index in [1.165, 1.54) is 11.1 Å². The van der Waals surface area contributed by atoms with Crippen LogP contribution in [0.1, 0.15) is 51.1 Å². The molecule has 0 aliphatic carbocycles. The number of piperidine rings is 1. The van der Waals surface area contributed by atoms with Gasteiger partial charge in [0.05, 0.1) is 0 Å². The first-order chi connectivity index (χ1) is 25.9. The molecule has 0 radical (unpaired) electrons. The molecule has 5 aromatic rings. The Bertz CT molecular complexity index is 2510. The summed E-state index contributed by atoms with van der Waals surface area (Å²) in [7, 11) is -4.36. The summed E-state index contributed by atoms with van der Waals surface area (Å²) in [5.74, 6) is -4.66. The van der Waals surface area contributed by atoms with Crippen LogP contribution in [0.5, 0.6) is 0 Å². The van der Waals surface area contributed by atoms with E-state index in [1.54, 1.807) is 12.3 Å². The number of hydrogen-bond donors (Lipinski definition) is 3. The van der Waals surface area contributed by atoms with Crippen LogP contribution < -0.4 is 31.2 Å². The number of nitrogens with one attached hydrogen (secondary N) is 3. The average molecular weight is 870 g/mol. The van der Waals surface area contributed by atoms with Crippen LogP contribution in [0.3, 0.4) is 0 Å². The van der Waals surface area contributed by atoms with Gasteiger partial charge in [-0.1, -0.05) is 0 Å². The number of aromatic nitrogens is 2. The molecule has 2 fully saturated rings. The number of halogens is 4. The van der Waals surface area contributed by atoms with Crippen molar-refractivity contribution in [1.82, 2.24) is 24.5 Å². The number of H-pyrrole nitrogens is 1. The zero-order valence-electron chi connectivity index (χ0n) is 28.0. The van der Waals surface area contributed by atoms with Crippen molar-refractivity contribution < 1.29 is 62.0 Å². The van der Waals surface area contributed by atoms with Crippen LogP contribution in [0, 0.1) is 18.8 Å². The number of rotatable bonds is 9. The van der Waals surface area contributed by atoms with Crippen LogP contribution in [0.2, 0.25) is 0 Å². The fourth-order valence-electron chi connectivity index (χ4n) is 6.85. The Morgan fingerprint density at radius 3 is 2.48 bits per heavy atom. The van der Waals surface area contributed by atoms with Crippen molar-refractivity contribution in [2.24, 2.45) is 0 Å². The summed E-state index contributed by atoms with van der Waals surface area (Å²) in [4.78, 5) is 59.7. The van der Waals surface area contributed by atoms with Crippen molar-refractivity contribution in [2.75, 3.05) is 17.8 Å². The number of aromatic amines is 1. The molecule has 1 unspecified atom stereocenters. The maximum atomic E-state index is 15.7. The molecule has 278 valence electrons. The van der Waals surface area contributed by atoms with Gasteiger partial charge in [0, 0.05) is 13.1 Å². The van der Waals surface area contributed by atoms with E-state index in [9.17, 15) is 32.0 Å². The number of carbonyl (C=O) groups is 4. The van der Waals surface area contributed by atoms with Gasteiger partial charge in [0.2, 0.25) is 0 Å². The first kappa shape index (κ1) is 35.9. The van der Waals surface area contributed by atoms with Gasteiger partial charge in [-0.05, 0) is 12.5 Å². The molecule has 3 aliphatic heterocycles. The van der Waals surface area contributed by atoms with Crippen LogP contribution in [0.15, 0.2) is 73.1 Å². The van der Waals surface area contributed by atoms with Crippen molar-refractivity contribution in [3.05, 3.63) is 114 Å². The van der Waals surface area contributed by atoms with E-state index in [0.29, 0.717) is 35.1 Å². The number of fused-ring (bicyclic) bond motifs is 2. The van der Waals surface area contributed by atoms with Crippen molar-refractivity contribution in [3.8, 4) is 11.1 Å². The van der Waals surface area contributed by atoms with Crippen LogP contribution in [-0.4, -0.2) is 76.4 Å². The van der Waals surface area contributed by atoms with Gasteiger partial charge < -0.3 is 0 Å². The van der Waals surface area contributed by atoms with Gasteiger partial charge in [-0.15, -0.1) is 0 Å². The first-order valence-corrected chi connectivity index (χ1v) is 20.4. The Morgan fingerprint density at radius 2 is 1.74 bits per heavy atom. The monoisotopic (exact) mass is 869 g/mol. The number of benzene rings is 3. The molecular formula is C37H29F3IN6O6S-. The molecule has 3 aromatic carbocycles. The number of amides is 3. The molecule has 54 heavy (non-hydrogen) atoms. The number of alkyl halides is 1. The molecule has 2 saturated heterocycles. The standard InChI is InChI=1S/C37H29F3IN6O6S/c38-22-11-12-46(18-22)54(52,53)45-29-8-7-28(39)32(33(29)40)34(49)27-16-43-35-26(27)13-21(15-42-35)19-1-4-23(5-2-19)41-24-6-3-20-17-47(37(51)25(20)14-24)30-9-10-31(48)44-36(30)50/h1-8,13-16,22,30,45H,9-12,17-18H2,(H,42,43)(H,44,48,50)/q-1/t22-,30?/m1/s1. The predicted octanol–water partition coefficient (Wildman–Crippen LogP) is 1.33. The number of carbonyl (C=O) groups excluding carboxylic acids is 4. The third-order valence-corrected chi connectivity index (χ3v) is 13.8. The third-order valence-electron chi connectivity index (χ3n) is 9.65. The molecule has 12 nitrogen and oxygen atoms in total. The summed E-state index contributed by atoms with van der Waals surface area (Å²) in [6.45, 7) is -0.198. The van der Waals surface area contributed by atoms with Gasteiger partial charge in [-0.25, -0.2) is 4.39 Å². The molecule has 0 saturated carbocycles. The van der Waals surface area contributed by atoms with Crippen LogP contribution in [0.4, 0.5) is 18.9 Å². The summed E-state index contributed by atoms with van der Waals surface area (Å²) in [6.07, 6.45) is 1.99. The molecule has 3 amide bonds. The van der Waals surface area contributed by atoms with Crippen molar-refractivity contribution in [2.45, 2.75) is 38.0 Å². The van der Waals surface area contributed by atoms with Crippen molar-refractivity contribution >= 4 is 50.4 Å². The zero-order chi connectivity index (χ0) is 37.9. The molecule has 2 atom stereocenters. The summed E-state index contributed by atoms with van der Waals surface area (Å²) < 4.78 is 74.7. The van der Waals surface area contributed by atoms with Crippen LogP contribution in [0.25, 0.3) is 22.2 Å². The maximum absolute atomic E-state index is 15.7. The second kappa shape index (κ2) is 13.9. The second-order valence-electron chi connectivity index (χ2n) is 13.1. The second-order valence-corrected chi connectivity index (χ2v) is 17.8. The van der Waals surface area contributed by atoms with Crippen LogP contribution >= 0.6 is 0 Å². The van der Waals surface area contributed by atoms with Crippen molar-refractivity contribution in [3.63, 3.8) is 0 Å². The molecule has 0 spiro atoms. The van der Waals surface area contributed by atoms with Gasteiger partial charge in [0.25, 0.3) is 0 Å². The summed E-state index contributed by atoms with van der Waals surface area (Å²) in [6, 6.07) is 16.1. The molecule has 8 rings (SSSR count). The summed E-state index contributed by atoms with van der Waals surface area (Å²) >= 11 is -0.705. The van der Waals surface area contributed by atoms with Crippen molar-refractivity contribution in [1.29, 1.82) is 0 Å². The van der Waals surface area contributed by atoms with E-state index in [4.69, 9.17) is 0 Å². The molecule has 3 aliphatic rings.